The summed E-state index contributed by atoms with van der Waals surface area (Å²) >= 11 is 0. The fraction of sp³-hybridized carbons (Fsp3) is 1.00. The summed E-state index contributed by atoms with van der Waals surface area (Å²) in [5, 5.41) is 9.07. The summed E-state index contributed by atoms with van der Waals surface area (Å²) in [6.45, 7) is 9.36. The Hall–Kier alpha value is -0.0400. The van der Waals surface area contributed by atoms with Crippen molar-refractivity contribution >= 4 is 0 Å². The molecule has 0 aromatic rings. The summed E-state index contributed by atoms with van der Waals surface area (Å²) in [7, 11) is 0. The lowest BCUT2D eigenvalue weighted by atomic mass is 9.70. The Morgan fingerprint density at radius 3 is 1.91 bits per heavy atom. The summed E-state index contributed by atoms with van der Waals surface area (Å²) in [4.78, 5) is 0. The Labute approximate surface area is 69.8 Å². The van der Waals surface area contributed by atoms with Crippen molar-refractivity contribution in [1.82, 2.24) is 0 Å². The highest BCUT2D eigenvalue weighted by atomic mass is 16.3. The number of aliphatic hydroxyl groups is 1. The second-order valence-electron chi connectivity index (χ2n) is 4.99. The average Bonchev–Trinajstić information content (AvgIpc) is 2.63. The molecule has 1 fully saturated rings. The maximum absolute atomic E-state index is 9.07. The fourth-order valence-corrected chi connectivity index (χ4v) is 2.29. The van der Waals surface area contributed by atoms with Crippen LogP contribution in [0.3, 0.4) is 0 Å². The summed E-state index contributed by atoms with van der Waals surface area (Å²) in [6, 6.07) is 0. The van der Waals surface area contributed by atoms with Crippen molar-refractivity contribution in [2.24, 2.45) is 16.7 Å². The van der Waals surface area contributed by atoms with Crippen molar-refractivity contribution in [3.8, 4) is 0 Å². The molecule has 1 saturated carbocycles. The molecule has 66 valence electrons. The van der Waals surface area contributed by atoms with Gasteiger partial charge in [0.15, 0.2) is 0 Å². The largest absolute Gasteiger partial charge is 0.396 e. The zero-order valence-electron chi connectivity index (χ0n) is 8.15. The summed E-state index contributed by atoms with van der Waals surface area (Å²) < 4.78 is 0. The lowest BCUT2D eigenvalue weighted by molar-refractivity contribution is 0.0878. The van der Waals surface area contributed by atoms with Gasteiger partial charge in [0.05, 0.1) is 0 Å². The average molecular weight is 156 g/mol. The molecule has 1 atom stereocenters. The van der Waals surface area contributed by atoms with Crippen LogP contribution in [0.1, 0.15) is 40.5 Å². The van der Waals surface area contributed by atoms with Gasteiger partial charge in [0, 0.05) is 6.61 Å². The zero-order chi connectivity index (χ0) is 8.70. The van der Waals surface area contributed by atoms with Crippen molar-refractivity contribution < 1.29 is 5.11 Å². The lowest BCUT2D eigenvalue weighted by Crippen LogP contribution is -2.30. The summed E-state index contributed by atoms with van der Waals surface area (Å²) in [5.41, 5.74) is 0.816. The third-order valence-electron chi connectivity index (χ3n) is 3.50. The van der Waals surface area contributed by atoms with Crippen molar-refractivity contribution in [1.29, 1.82) is 0 Å². The van der Waals surface area contributed by atoms with Gasteiger partial charge in [-0.15, -0.1) is 0 Å². The standard InChI is InChI=1S/C10H20O/c1-8(7-11)10(5-6-10)9(2,3)4/h8,11H,5-7H2,1-4H3. The van der Waals surface area contributed by atoms with Gasteiger partial charge < -0.3 is 5.11 Å². The Morgan fingerprint density at radius 2 is 1.82 bits per heavy atom. The molecule has 0 aliphatic heterocycles. The normalized spacial score (nSPS) is 24.8. The van der Waals surface area contributed by atoms with Crippen LogP contribution in [0.15, 0.2) is 0 Å². The SMILES string of the molecule is CC(CO)C1(C(C)(C)C)CC1. The molecule has 0 spiro atoms. The summed E-state index contributed by atoms with van der Waals surface area (Å²) in [6.07, 6.45) is 2.61. The van der Waals surface area contributed by atoms with E-state index in [1.807, 2.05) is 0 Å². The van der Waals surface area contributed by atoms with Crippen LogP contribution in [0.4, 0.5) is 0 Å². The third kappa shape index (κ3) is 1.31. The van der Waals surface area contributed by atoms with Crippen LogP contribution in [0.2, 0.25) is 0 Å². The number of hydrogen-bond acceptors (Lipinski definition) is 1. The fourth-order valence-electron chi connectivity index (χ4n) is 2.29. The monoisotopic (exact) mass is 156 g/mol. The molecule has 0 amide bonds. The van der Waals surface area contributed by atoms with Gasteiger partial charge in [-0.3, -0.25) is 0 Å². The Balaban J connectivity index is 2.68. The van der Waals surface area contributed by atoms with Crippen LogP contribution >= 0.6 is 0 Å². The van der Waals surface area contributed by atoms with E-state index in [-0.39, 0.29) is 0 Å². The molecular formula is C10H20O. The van der Waals surface area contributed by atoms with E-state index < -0.39 is 0 Å². The summed E-state index contributed by atoms with van der Waals surface area (Å²) in [5.74, 6) is 0.475. The van der Waals surface area contributed by atoms with Gasteiger partial charge in [-0.1, -0.05) is 27.7 Å². The van der Waals surface area contributed by atoms with Crippen LogP contribution in [0, 0.1) is 16.7 Å². The van der Waals surface area contributed by atoms with E-state index in [4.69, 9.17) is 5.11 Å². The smallest absolute Gasteiger partial charge is 0.0462 e. The van der Waals surface area contributed by atoms with Crippen molar-refractivity contribution in [2.45, 2.75) is 40.5 Å². The molecule has 1 aliphatic carbocycles. The molecule has 11 heavy (non-hydrogen) atoms. The van der Waals surface area contributed by atoms with Crippen LogP contribution in [0.5, 0.6) is 0 Å². The Bertz CT molecular complexity index is 139. The minimum atomic E-state index is 0.345. The second kappa shape index (κ2) is 2.48. The highest BCUT2D eigenvalue weighted by Crippen LogP contribution is 2.62. The number of rotatable bonds is 2. The van der Waals surface area contributed by atoms with E-state index in [1.54, 1.807) is 0 Å². The molecule has 0 bridgehead atoms. The first-order valence-electron chi connectivity index (χ1n) is 4.55. The van der Waals surface area contributed by atoms with Gasteiger partial charge in [0.25, 0.3) is 0 Å². The van der Waals surface area contributed by atoms with Crippen molar-refractivity contribution in [2.75, 3.05) is 6.61 Å². The molecule has 1 nitrogen and oxygen atoms in total. The van der Waals surface area contributed by atoms with Gasteiger partial charge in [0.1, 0.15) is 0 Å². The van der Waals surface area contributed by atoms with E-state index in [0.29, 0.717) is 23.4 Å². The first-order valence-corrected chi connectivity index (χ1v) is 4.55. The quantitative estimate of drug-likeness (QED) is 0.651. The van der Waals surface area contributed by atoms with Gasteiger partial charge in [0.2, 0.25) is 0 Å². The number of hydrogen-bond donors (Lipinski definition) is 1. The van der Waals surface area contributed by atoms with Gasteiger partial charge in [-0.2, -0.15) is 0 Å². The highest BCUT2D eigenvalue weighted by molar-refractivity contribution is 5.04. The molecule has 0 aromatic carbocycles. The molecule has 1 N–H and O–H groups in total. The minimum Gasteiger partial charge on any atom is -0.396 e. The van der Waals surface area contributed by atoms with E-state index in [1.165, 1.54) is 12.8 Å². The van der Waals surface area contributed by atoms with E-state index in [0.717, 1.165) is 0 Å². The molecule has 0 saturated heterocycles. The Morgan fingerprint density at radius 1 is 1.36 bits per heavy atom. The van der Waals surface area contributed by atoms with E-state index >= 15 is 0 Å². The molecule has 1 heteroatoms. The maximum Gasteiger partial charge on any atom is 0.0462 e. The molecule has 1 unspecified atom stereocenters. The Kier molecular flexibility index (Phi) is 2.04. The maximum atomic E-state index is 9.07. The van der Waals surface area contributed by atoms with Crippen molar-refractivity contribution in [3.63, 3.8) is 0 Å². The van der Waals surface area contributed by atoms with Gasteiger partial charge >= 0.3 is 0 Å². The van der Waals surface area contributed by atoms with Gasteiger partial charge in [-0.05, 0) is 29.6 Å². The van der Waals surface area contributed by atoms with Gasteiger partial charge in [-0.25, -0.2) is 0 Å². The number of aliphatic hydroxyl groups excluding tert-OH is 1. The highest BCUT2D eigenvalue weighted by Gasteiger charge is 2.54. The first kappa shape index (κ1) is 9.05. The molecule has 0 heterocycles. The predicted octanol–water partition coefficient (Wildman–Crippen LogP) is 2.44. The van der Waals surface area contributed by atoms with Crippen LogP contribution in [-0.4, -0.2) is 11.7 Å². The minimum absolute atomic E-state index is 0.345. The molecule has 1 rings (SSSR count). The first-order chi connectivity index (χ1) is 4.94. The van der Waals surface area contributed by atoms with Crippen LogP contribution in [0.25, 0.3) is 0 Å². The molecule has 0 aromatic heterocycles. The predicted molar refractivity (Wildman–Crippen MR) is 47.4 cm³/mol. The molecule has 0 radical (unpaired) electrons. The topological polar surface area (TPSA) is 20.2 Å². The van der Waals surface area contributed by atoms with Crippen molar-refractivity contribution in [3.05, 3.63) is 0 Å². The lowest BCUT2D eigenvalue weighted by Gasteiger charge is -2.35. The third-order valence-corrected chi connectivity index (χ3v) is 3.50. The van der Waals surface area contributed by atoms with Crippen LogP contribution in [-0.2, 0) is 0 Å². The zero-order valence-corrected chi connectivity index (χ0v) is 8.15. The second-order valence-corrected chi connectivity index (χ2v) is 4.99. The van der Waals surface area contributed by atoms with E-state index in [9.17, 15) is 0 Å². The molecular weight excluding hydrogens is 136 g/mol. The molecule has 1 aliphatic rings. The van der Waals surface area contributed by atoms with E-state index in [2.05, 4.69) is 27.7 Å². The van der Waals surface area contributed by atoms with Crippen LogP contribution < -0.4 is 0 Å².